The van der Waals surface area contributed by atoms with E-state index in [1.807, 2.05) is 13.8 Å². The summed E-state index contributed by atoms with van der Waals surface area (Å²) in [4.78, 5) is 33.5. The predicted molar refractivity (Wildman–Crippen MR) is 126 cm³/mol. The molecule has 3 rings (SSSR count). The summed E-state index contributed by atoms with van der Waals surface area (Å²) in [6.45, 7) is 7.31. The van der Waals surface area contributed by atoms with E-state index in [2.05, 4.69) is 15.3 Å². The molecule has 0 aliphatic carbocycles. The van der Waals surface area contributed by atoms with Crippen molar-refractivity contribution >= 4 is 40.0 Å². The molecular weight excluding hydrogens is 487 g/mol. The number of thiophene rings is 1. The van der Waals surface area contributed by atoms with Crippen LogP contribution in [0.4, 0.5) is 18.2 Å². The Morgan fingerprint density at radius 3 is 2.41 bits per heavy atom. The van der Waals surface area contributed by atoms with E-state index in [0.29, 0.717) is 16.1 Å². The second-order valence-electron chi connectivity index (χ2n) is 7.33. The Morgan fingerprint density at radius 1 is 1.12 bits per heavy atom. The highest BCUT2D eigenvalue weighted by molar-refractivity contribution is 7.99. The van der Waals surface area contributed by atoms with Gasteiger partial charge in [-0.1, -0.05) is 41.6 Å². The average Bonchev–Trinajstić information content (AvgIpc) is 3.05. The van der Waals surface area contributed by atoms with Gasteiger partial charge in [0.05, 0.1) is 23.6 Å². The van der Waals surface area contributed by atoms with Crippen molar-refractivity contribution in [1.82, 2.24) is 9.97 Å². The highest BCUT2D eigenvalue weighted by Crippen LogP contribution is 2.34. The molecule has 180 valence electrons. The first-order valence-electron chi connectivity index (χ1n) is 10.2. The Morgan fingerprint density at radius 2 is 1.79 bits per heavy atom. The van der Waals surface area contributed by atoms with E-state index in [4.69, 9.17) is 4.74 Å². The fourth-order valence-corrected chi connectivity index (χ4v) is 4.69. The molecule has 0 radical (unpaired) electrons. The van der Waals surface area contributed by atoms with Gasteiger partial charge in [0, 0.05) is 10.4 Å². The largest absolute Gasteiger partial charge is 0.462 e. The molecule has 0 saturated heterocycles. The molecule has 1 aromatic carbocycles. The van der Waals surface area contributed by atoms with Gasteiger partial charge in [0.1, 0.15) is 10.7 Å². The number of rotatable bonds is 7. The number of anilines is 1. The lowest BCUT2D eigenvalue weighted by molar-refractivity contribution is -0.141. The van der Waals surface area contributed by atoms with Gasteiger partial charge in [-0.3, -0.25) is 4.79 Å². The van der Waals surface area contributed by atoms with Crippen LogP contribution in [0.5, 0.6) is 0 Å². The lowest BCUT2D eigenvalue weighted by Crippen LogP contribution is -2.17. The second-order valence-corrected chi connectivity index (χ2v) is 9.50. The third kappa shape index (κ3) is 6.15. The Kier molecular flexibility index (Phi) is 7.98. The van der Waals surface area contributed by atoms with E-state index in [1.165, 1.54) is 11.3 Å². The number of ether oxygens (including phenoxy) is 1. The predicted octanol–water partition coefficient (Wildman–Crippen LogP) is 6.06. The van der Waals surface area contributed by atoms with Gasteiger partial charge in [-0.15, -0.1) is 11.3 Å². The van der Waals surface area contributed by atoms with Crippen molar-refractivity contribution in [2.45, 2.75) is 39.0 Å². The van der Waals surface area contributed by atoms with Gasteiger partial charge < -0.3 is 10.1 Å². The summed E-state index contributed by atoms with van der Waals surface area (Å²) >= 11 is 2.01. The summed E-state index contributed by atoms with van der Waals surface area (Å²) in [5, 5.41) is 2.82. The van der Waals surface area contributed by atoms with E-state index in [0.717, 1.165) is 28.3 Å². The first-order chi connectivity index (χ1) is 16.0. The smallest absolute Gasteiger partial charge is 0.433 e. The molecule has 0 aliphatic heterocycles. The van der Waals surface area contributed by atoms with Gasteiger partial charge in [0.15, 0.2) is 5.16 Å². The number of nitrogens with one attached hydrogen (secondary N) is 1. The highest BCUT2D eigenvalue weighted by Gasteiger charge is 2.34. The first-order valence-corrected chi connectivity index (χ1v) is 12.0. The molecular formula is C23H22F3N3O3S2. The zero-order valence-corrected chi connectivity index (χ0v) is 20.5. The van der Waals surface area contributed by atoms with Crippen molar-refractivity contribution in [2.75, 3.05) is 17.7 Å². The molecule has 1 N–H and O–H groups in total. The summed E-state index contributed by atoms with van der Waals surface area (Å²) in [7, 11) is 0. The number of thioether (sulfide) groups is 1. The van der Waals surface area contributed by atoms with Gasteiger partial charge in [0.2, 0.25) is 5.91 Å². The monoisotopic (exact) mass is 509 g/mol. The van der Waals surface area contributed by atoms with Crippen LogP contribution in [0, 0.1) is 20.8 Å². The van der Waals surface area contributed by atoms with Crippen molar-refractivity contribution in [3.63, 3.8) is 0 Å². The van der Waals surface area contributed by atoms with Gasteiger partial charge in [0.25, 0.3) is 0 Å². The Bertz CT molecular complexity index is 1210. The summed E-state index contributed by atoms with van der Waals surface area (Å²) in [5.41, 5.74) is 1.47. The Hall–Kier alpha value is -2.92. The van der Waals surface area contributed by atoms with Crippen LogP contribution in [0.1, 0.15) is 39.0 Å². The fourth-order valence-electron chi connectivity index (χ4n) is 2.96. The lowest BCUT2D eigenvalue weighted by Gasteiger charge is -2.11. The number of benzene rings is 1. The zero-order valence-electron chi connectivity index (χ0n) is 18.9. The minimum atomic E-state index is -4.67. The number of carbonyl (C=O) groups excluding carboxylic acids is 2. The van der Waals surface area contributed by atoms with Crippen molar-refractivity contribution in [3.8, 4) is 11.3 Å². The third-order valence-electron chi connectivity index (χ3n) is 4.79. The molecule has 0 atom stereocenters. The molecule has 0 bridgehead atoms. The zero-order chi connectivity index (χ0) is 25.0. The minimum Gasteiger partial charge on any atom is -0.462 e. The maximum Gasteiger partial charge on any atom is 0.433 e. The number of aromatic nitrogens is 2. The Balaban J connectivity index is 1.81. The standard InChI is InChI=1S/C23H22F3N3O3S2/c1-5-32-21(31)19-13(3)14(4)34-20(19)29-18(30)11-33-22-27-16(10-17(28-22)23(24,25)26)15-8-6-12(2)7-9-15/h6-10H,5,11H2,1-4H3,(H,29,30). The lowest BCUT2D eigenvalue weighted by atomic mass is 10.1. The summed E-state index contributed by atoms with van der Waals surface area (Å²) in [5.74, 6) is -1.29. The normalized spacial score (nSPS) is 11.4. The molecule has 6 nitrogen and oxygen atoms in total. The number of esters is 1. The molecule has 0 fully saturated rings. The number of amides is 1. The van der Waals surface area contributed by atoms with Crippen molar-refractivity contribution in [1.29, 1.82) is 0 Å². The average molecular weight is 510 g/mol. The third-order valence-corrected chi connectivity index (χ3v) is 6.76. The number of alkyl halides is 3. The van der Waals surface area contributed by atoms with E-state index in [9.17, 15) is 22.8 Å². The number of aryl methyl sites for hydroxylation is 2. The number of carbonyl (C=O) groups is 2. The van der Waals surface area contributed by atoms with Crippen molar-refractivity contribution < 1.29 is 27.5 Å². The molecule has 0 saturated carbocycles. The van der Waals surface area contributed by atoms with Crippen LogP contribution in [0.2, 0.25) is 0 Å². The summed E-state index contributed by atoms with van der Waals surface area (Å²) in [6.07, 6.45) is -4.67. The maximum atomic E-state index is 13.4. The van der Waals surface area contributed by atoms with Gasteiger partial charge in [-0.25, -0.2) is 14.8 Å². The summed E-state index contributed by atoms with van der Waals surface area (Å²) in [6, 6.07) is 7.79. The van der Waals surface area contributed by atoms with Crippen LogP contribution in [0.15, 0.2) is 35.5 Å². The SMILES string of the molecule is CCOC(=O)c1c(NC(=O)CSc2nc(-c3ccc(C)cc3)cc(C(F)(F)F)n2)sc(C)c1C. The molecule has 3 aromatic rings. The fraction of sp³-hybridized carbons (Fsp3) is 0.304. The van der Waals surface area contributed by atoms with E-state index in [-0.39, 0.29) is 28.8 Å². The topological polar surface area (TPSA) is 81.2 Å². The van der Waals surface area contributed by atoms with Crippen LogP contribution in [-0.4, -0.2) is 34.2 Å². The molecule has 11 heteroatoms. The van der Waals surface area contributed by atoms with Gasteiger partial charge >= 0.3 is 12.1 Å². The molecule has 0 aliphatic rings. The molecule has 1 amide bonds. The highest BCUT2D eigenvalue weighted by atomic mass is 32.2. The van der Waals surface area contributed by atoms with Crippen LogP contribution < -0.4 is 5.32 Å². The van der Waals surface area contributed by atoms with E-state index in [1.54, 1.807) is 38.1 Å². The van der Waals surface area contributed by atoms with Crippen molar-refractivity contribution in [2.24, 2.45) is 0 Å². The van der Waals surface area contributed by atoms with Crippen LogP contribution >= 0.6 is 23.1 Å². The van der Waals surface area contributed by atoms with E-state index >= 15 is 0 Å². The number of nitrogens with zero attached hydrogens (tertiary/aromatic N) is 2. The minimum absolute atomic E-state index is 0.110. The molecule has 2 heterocycles. The number of halogens is 3. The maximum absolute atomic E-state index is 13.4. The number of hydrogen-bond acceptors (Lipinski definition) is 7. The molecule has 34 heavy (non-hydrogen) atoms. The van der Waals surface area contributed by atoms with Crippen molar-refractivity contribution in [3.05, 3.63) is 57.6 Å². The van der Waals surface area contributed by atoms with Crippen LogP contribution in [-0.2, 0) is 15.7 Å². The summed E-state index contributed by atoms with van der Waals surface area (Å²) < 4.78 is 45.3. The number of hydrogen-bond donors (Lipinski definition) is 1. The van der Waals surface area contributed by atoms with Gasteiger partial charge in [-0.05, 0) is 39.3 Å². The van der Waals surface area contributed by atoms with Crippen LogP contribution in [0.25, 0.3) is 11.3 Å². The van der Waals surface area contributed by atoms with Crippen LogP contribution in [0.3, 0.4) is 0 Å². The Labute approximate surface area is 203 Å². The first kappa shape index (κ1) is 25.7. The molecule has 2 aromatic heterocycles. The quantitative estimate of drug-likeness (QED) is 0.237. The second kappa shape index (κ2) is 10.6. The van der Waals surface area contributed by atoms with Gasteiger partial charge in [-0.2, -0.15) is 13.2 Å². The molecule has 0 spiro atoms. The van der Waals surface area contributed by atoms with E-state index < -0.39 is 23.7 Å². The molecule has 0 unspecified atom stereocenters.